The van der Waals surface area contributed by atoms with Crippen molar-refractivity contribution in [3.05, 3.63) is 0 Å². The molecule has 0 aliphatic carbocycles. The molecule has 0 bridgehead atoms. The number of quaternary nitrogens is 1. The van der Waals surface area contributed by atoms with Crippen molar-refractivity contribution in [3.63, 3.8) is 0 Å². The van der Waals surface area contributed by atoms with E-state index in [4.69, 9.17) is 0 Å². The van der Waals surface area contributed by atoms with E-state index in [2.05, 4.69) is 27.7 Å². The van der Waals surface area contributed by atoms with Crippen molar-refractivity contribution >= 4 is 10.4 Å². The molecule has 184 valence electrons. The molecular formula is C27H60BrNSi. The highest BCUT2D eigenvalue weighted by Crippen LogP contribution is 2.20. The summed E-state index contributed by atoms with van der Waals surface area (Å²) in [7, 11) is 1.32. The largest absolute Gasteiger partial charge is 1.00 e. The quantitative estimate of drug-likeness (QED) is 0.132. The van der Waals surface area contributed by atoms with Crippen LogP contribution in [0.2, 0.25) is 0 Å². The van der Waals surface area contributed by atoms with Gasteiger partial charge in [0.05, 0.1) is 19.6 Å². The molecular weight excluding hydrogens is 446 g/mol. The molecule has 0 heterocycles. The van der Waals surface area contributed by atoms with E-state index in [1.54, 1.807) is 0 Å². The first-order valence-corrected chi connectivity index (χ1v) is 14.8. The molecule has 0 aromatic carbocycles. The maximum atomic E-state index is 2.41. The number of halogens is 1. The lowest BCUT2D eigenvalue weighted by Gasteiger charge is -2.35. The normalized spacial score (nSPS) is 12.8. The van der Waals surface area contributed by atoms with Crippen molar-refractivity contribution in [1.29, 1.82) is 0 Å². The topological polar surface area (TPSA) is 0 Å². The molecule has 0 rings (SSSR count). The van der Waals surface area contributed by atoms with E-state index in [0.717, 1.165) is 5.92 Å². The van der Waals surface area contributed by atoms with Crippen LogP contribution in [0.25, 0.3) is 0 Å². The van der Waals surface area contributed by atoms with Gasteiger partial charge in [-0.25, -0.2) is 0 Å². The molecule has 30 heavy (non-hydrogen) atoms. The monoisotopic (exact) mass is 505 g/mol. The van der Waals surface area contributed by atoms with Gasteiger partial charge in [-0.2, -0.15) is 0 Å². The number of rotatable bonds is 23. The predicted molar refractivity (Wildman–Crippen MR) is 139 cm³/mol. The molecule has 0 saturated heterocycles. The molecule has 0 aromatic heterocycles. The minimum Gasteiger partial charge on any atom is -1.00 e. The highest BCUT2D eigenvalue weighted by molar-refractivity contribution is 5.97. The van der Waals surface area contributed by atoms with Crippen molar-refractivity contribution in [2.75, 3.05) is 19.6 Å². The van der Waals surface area contributed by atoms with Gasteiger partial charge >= 0.3 is 0 Å². The van der Waals surface area contributed by atoms with Crippen LogP contribution in [0.5, 0.6) is 0 Å². The maximum absolute atomic E-state index is 2.41. The van der Waals surface area contributed by atoms with Gasteiger partial charge in [0.25, 0.3) is 0 Å². The van der Waals surface area contributed by atoms with Gasteiger partial charge in [0, 0.05) is 0 Å². The van der Waals surface area contributed by atoms with Gasteiger partial charge < -0.3 is 21.1 Å². The van der Waals surface area contributed by atoms with E-state index in [9.17, 15) is 0 Å². The summed E-state index contributed by atoms with van der Waals surface area (Å²) in [5.74, 6) is 0.992. The van der Waals surface area contributed by atoms with Gasteiger partial charge in [-0.3, -0.25) is 0 Å². The Kier molecular flexibility index (Phi) is 26.6. The van der Waals surface area contributed by atoms with Crippen LogP contribution in [0.3, 0.4) is 0 Å². The molecule has 0 fully saturated rings. The second-order valence-corrected chi connectivity index (χ2v) is 12.0. The van der Waals surface area contributed by atoms with Crippen LogP contribution in [0.1, 0.15) is 150 Å². The highest BCUT2D eigenvalue weighted by Gasteiger charge is 2.17. The first-order valence-electron chi connectivity index (χ1n) is 13.9. The third kappa shape index (κ3) is 20.6. The second-order valence-electron chi connectivity index (χ2n) is 10.1. The summed E-state index contributed by atoms with van der Waals surface area (Å²) >= 11 is 0. The average molecular weight is 507 g/mol. The van der Waals surface area contributed by atoms with E-state index in [1.807, 2.05) is 0 Å². The molecule has 1 unspecified atom stereocenters. The van der Waals surface area contributed by atoms with Crippen molar-refractivity contribution in [1.82, 2.24) is 0 Å². The predicted octanol–water partition coefficient (Wildman–Crippen LogP) is 5.20. The Morgan fingerprint density at radius 3 is 1.23 bits per heavy atom. The Labute approximate surface area is 206 Å². The van der Waals surface area contributed by atoms with Gasteiger partial charge in [-0.05, 0) is 26.2 Å². The van der Waals surface area contributed by atoms with Gasteiger partial charge in [-0.1, -0.05) is 129 Å². The lowest BCUT2D eigenvalue weighted by atomic mass is 9.94. The molecule has 0 saturated carbocycles. The van der Waals surface area contributed by atoms with Crippen LogP contribution >= 0.6 is 0 Å². The molecule has 0 aliphatic heterocycles. The van der Waals surface area contributed by atoms with Crippen LogP contribution in [0.4, 0.5) is 0 Å². The van der Waals surface area contributed by atoms with Crippen LogP contribution in [0.15, 0.2) is 0 Å². The standard InChI is InChI=1S/C27H60NSi.BrH/c1-5-9-10-11-12-13-14-15-16-17-18-19-20-21-22-23-24-27(6-2)25-26-28(29,7-3)8-4;/h27H,5-26H2,1-4,29H3;1H/q+1;/p-1. The highest BCUT2D eigenvalue weighted by atomic mass is 79.9. The molecule has 1 atom stereocenters. The van der Waals surface area contributed by atoms with E-state index in [1.165, 1.54) is 156 Å². The number of unbranched alkanes of at least 4 members (excludes halogenated alkanes) is 15. The van der Waals surface area contributed by atoms with Crippen molar-refractivity contribution in [3.8, 4) is 0 Å². The summed E-state index contributed by atoms with van der Waals surface area (Å²) in [6.45, 7) is 13.6. The number of nitrogens with zero attached hydrogens (tertiary/aromatic N) is 1. The third-order valence-electron chi connectivity index (χ3n) is 7.65. The maximum Gasteiger partial charge on any atom is 0.239 e. The minimum absolute atomic E-state index is 0. The zero-order valence-electron chi connectivity index (χ0n) is 22.0. The zero-order valence-corrected chi connectivity index (χ0v) is 25.5. The minimum atomic E-state index is 0. The lowest BCUT2D eigenvalue weighted by Crippen LogP contribution is -3.00. The molecule has 1 nitrogen and oxygen atoms in total. The van der Waals surface area contributed by atoms with E-state index >= 15 is 0 Å². The molecule has 0 amide bonds. The summed E-state index contributed by atoms with van der Waals surface area (Å²) in [4.78, 5) is 0. The molecule has 0 aromatic rings. The van der Waals surface area contributed by atoms with Crippen LogP contribution < -0.4 is 17.0 Å². The first-order chi connectivity index (χ1) is 14.1. The van der Waals surface area contributed by atoms with Crippen LogP contribution in [-0.2, 0) is 0 Å². The summed E-state index contributed by atoms with van der Waals surface area (Å²) in [5, 5.41) is 0. The van der Waals surface area contributed by atoms with Crippen LogP contribution in [-0.4, -0.2) is 34.2 Å². The molecule has 0 spiro atoms. The fourth-order valence-electron chi connectivity index (χ4n) is 4.57. The van der Waals surface area contributed by atoms with E-state index in [-0.39, 0.29) is 17.0 Å². The van der Waals surface area contributed by atoms with Crippen molar-refractivity contribution in [2.24, 2.45) is 5.92 Å². The summed E-state index contributed by atoms with van der Waals surface area (Å²) in [6.07, 6.45) is 28.0. The Bertz CT molecular complexity index is 320. The molecule has 0 radical (unpaired) electrons. The SMILES string of the molecule is CCCCCCCCCCCCCCCCCCC(CC)CC[N+]([SiH3])(CC)CC.[Br-]. The number of hydrogen-bond acceptors (Lipinski definition) is 0. The Balaban J connectivity index is 0. The molecule has 0 aliphatic rings. The third-order valence-corrected chi connectivity index (χ3v) is 9.36. The summed E-state index contributed by atoms with van der Waals surface area (Å²) in [6, 6.07) is 0. The Hall–Kier alpha value is 0.657. The van der Waals surface area contributed by atoms with Gasteiger partial charge in [0.1, 0.15) is 0 Å². The van der Waals surface area contributed by atoms with Crippen LogP contribution in [0, 0.1) is 5.92 Å². The summed E-state index contributed by atoms with van der Waals surface area (Å²) < 4.78 is 1.40. The van der Waals surface area contributed by atoms with Gasteiger partial charge in [0.2, 0.25) is 10.4 Å². The Morgan fingerprint density at radius 2 is 0.900 bits per heavy atom. The summed E-state index contributed by atoms with van der Waals surface area (Å²) in [5.41, 5.74) is 0. The molecule has 3 heteroatoms. The second kappa shape index (κ2) is 24.3. The van der Waals surface area contributed by atoms with Crippen molar-refractivity contribution < 1.29 is 21.1 Å². The lowest BCUT2D eigenvalue weighted by molar-refractivity contribution is -0.813. The molecule has 0 N–H and O–H groups in total. The van der Waals surface area contributed by atoms with Gasteiger partial charge in [-0.15, -0.1) is 0 Å². The zero-order chi connectivity index (χ0) is 21.6. The van der Waals surface area contributed by atoms with Crippen molar-refractivity contribution in [2.45, 2.75) is 150 Å². The van der Waals surface area contributed by atoms with Gasteiger partial charge in [0.15, 0.2) is 0 Å². The first kappa shape index (κ1) is 32.8. The average Bonchev–Trinajstić information content (AvgIpc) is 2.75. The number of hydrogen-bond donors (Lipinski definition) is 0. The fraction of sp³-hybridized carbons (Fsp3) is 1.00. The van der Waals surface area contributed by atoms with E-state index in [0.29, 0.717) is 0 Å². The fourth-order valence-corrected chi connectivity index (χ4v) is 4.83. The van der Waals surface area contributed by atoms with E-state index < -0.39 is 0 Å². The smallest absolute Gasteiger partial charge is 0.239 e. The Morgan fingerprint density at radius 1 is 0.533 bits per heavy atom.